The van der Waals surface area contributed by atoms with E-state index in [-0.39, 0.29) is 5.91 Å². The fourth-order valence-electron chi connectivity index (χ4n) is 4.01. The van der Waals surface area contributed by atoms with E-state index < -0.39 is 0 Å². The molecule has 29 heavy (non-hydrogen) atoms. The number of nitrogens with one attached hydrogen (secondary N) is 2. The van der Waals surface area contributed by atoms with Gasteiger partial charge in [0.15, 0.2) is 0 Å². The van der Waals surface area contributed by atoms with Gasteiger partial charge in [-0.2, -0.15) is 5.26 Å². The van der Waals surface area contributed by atoms with Gasteiger partial charge in [-0.1, -0.05) is 6.07 Å². The molecule has 3 aromatic rings. The van der Waals surface area contributed by atoms with Gasteiger partial charge in [0.1, 0.15) is 5.69 Å². The zero-order valence-corrected chi connectivity index (χ0v) is 16.8. The Morgan fingerprint density at radius 1 is 1.28 bits per heavy atom. The summed E-state index contributed by atoms with van der Waals surface area (Å²) in [6.45, 7) is 5.66. The lowest BCUT2D eigenvalue weighted by Gasteiger charge is -2.32. The molecule has 0 aliphatic carbocycles. The van der Waals surface area contributed by atoms with Crippen LogP contribution in [0.2, 0.25) is 0 Å². The van der Waals surface area contributed by atoms with Crippen molar-refractivity contribution in [2.45, 2.75) is 38.6 Å². The van der Waals surface area contributed by atoms with Crippen LogP contribution in [0.3, 0.4) is 0 Å². The molecule has 1 saturated heterocycles. The van der Waals surface area contributed by atoms with Crippen molar-refractivity contribution in [1.82, 2.24) is 14.9 Å². The van der Waals surface area contributed by atoms with Gasteiger partial charge < -0.3 is 15.2 Å². The number of anilines is 1. The monoisotopic (exact) mass is 387 g/mol. The van der Waals surface area contributed by atoms with Crippen LogP contribution in [0.5, 0.6) is 0 Å². The van der Waals surface area contributed by atoms with E-state index in [1.165, 1.54) is 0 Å². The number of H-pyrrole nitrogens is 1. The second kappa shape index (κ2) is 7.96. The highest BCUT2D eigenvalue weighted by atomic mass is 16.2. The summed E-state index contributed by atoms with van der Waals surface area (Å²) in [4.78, 5) is 22.7. The maximum atomic E-state index is 13.0. The average Bonchev–Trinajstić information content (AvgIpc) is 3.16. The van der Waals surface area contributed by atoms with Crippen molar-refractivity contribution in [3.63, 3.8) is 0 Å². The average molecular weight is 387 g/mol. The van der Waals surface area contributed by atoms with Gasteiger partial charge in [-0.3, -0.25) is 9.78 Å². The van der Waals surface area contributed by atoms with Crippen LogP contribution in [-0.4, -0.2) is 39.9 Å². The minimum absolute atomic E-state index is 0.0136. The van der Waals surface area contributed by atoms with Crippen molar-refractivity contribution >= 4 is 22.5 Å². The number of piperidine rings is 1. The lowest BCUT2D eigenvalue weighted by atomic mass is 9.91. The Balaban J connectivity index is 1.46. The number of nitrogens with zero attached hydrogens (tertiary/aromatic N) is 3. The first-order valence-corrected chi connectivity index (χ1v) is 10.1. The normalized spacial score (nSPS) is 14.9. The van der Waals surface area contributed by atoms with Crippen LogP contribution < -0.4 is 5.32 Å². The predicted molar refractivity (Wildman–Crippen MR) is 114 cm³/mol. The van der Waals surface area contributed by atoms with Gasteiger partial charge in [-0.15, -0.1) is 0 Å². The number of rotatable bonds is 4. The molecule has 4 rings (SSSR count). The topological polar surface area (TPSA) is 84.8 Å². The number of pyridine rings is 1. The summed E-state index contributed by atoms with van der Waals surface area (Å²) in [5, 5.41) is 13.5. The zero-order chi connectivity index (χ0) is 20.4. The number of aromatic amines is 1. The Morgan fingerprint density at radius 2 is 2.07 bits per heavy atom. The number of hydrogen-bond acceptors (Lipinski definition) is 4. The first-order chi connectivity index (χ1) is 14.0. The van der Waals surface area contributed by atoms with E-state index >= 15 is 0 Å². The Hall–Kier alpha value is -3.33. The van der Waals surface area contributed by atoms with Gasteiger partial charge in [-0.05, 0) is 57.0 Å². The molecule has 2 N–H and O–H groups in total. The van der Waals surface area contributed by atoms with Crippen molar-refractivity contribution in [1.29, 1.82) is 5.26 Å². The molecule has 3 heterocycles. The fraction of sp³-hybridized carbons (Fsp3) is 0.348. The quantitative estimate of drug-likeness (QED) is 0.700. The summed E-state index contributed by atoms with van der Waals surface area (Å²) in [6, 6.07) is 13.8. The maximum absolute atomic E-state index is 13.0. The second-order valence-corrected chi connectivity index (χ2v) is 7.90. The summed E-state index contributed by atoms with van der Waals surface area (Å²) < 4.78 is 0. The first-order valence-electron chi connectivity index (χ1n) is 10.1. The summed E-state index contributed by atoms with van der Waals surface area (Å²) in [5.41, 5.74) is 4.17. The SMILES string of the molecule is CC(C)Nc1cccnc1C1CCN(C(=O)c2cc3ccc(C#N)cc3[nH]2)CC1. The second-order valence-electron chi connectivity index (χ2n) is 7.90. The molecule has 1 aromatic carbocycles. The molecular formula is C23H25N5O. The molecule has 0 bridgehead atoms. The molecule has 1 aliphatic rings. The lowest BCUT2D eigenvalue weighted by Crippen LogP contribution is -2.38. The van der Waals surface area contributed by atoms with Gasteiger partial charge in [0.05, 0.1) is 23.0 Å². The number of amides is 1. The summed E-state index contributed by atoms with van der Waals surface area (Å²) in [5.74, 6) is 0.363. The Labute approximate surface area is 170 Å². The van der Waals surface area contributed by atoms with Crippen molar-refractivity contribution in [2.24, 2.45) is 0 Å². The molecule has 0 radical (unpaired) electrons. The Morgan fingerprint density at radius 3 is 2.79 bits per heavy atom. The standard InChI is InChI=1S/C23H25N5O/c1-15(2)26-19-4-3-9-25-22(19)17-7-10-28(11-8-17)23(29)21-13-18-6-5-16(14-24)12-20(18)27-21/h3-6,9,12-13,15,17,26-27H,7-8,10-11H2,1-2H3. The van der Waals surface area contributed by atoms with Crippen molar-refractivity contribution in [3.8, 4) is 6.07 Å². The number of likely N-dealkylation sites (tertiary alicyclic amines) is 1. The summed E-state index contributed by atoms with van der Waals surface area (Å²) in [7, 11) is 0. The van der Waals surface area contributed by atoms with Gasteiger partial charge >= 0.3 is 0 Å². The molecule has 1 aliphatic heterocycles. The number of carbonyl (C=O) groups excluding carboxylic acids is 1. The molecule has 0 spiro atoms. The Kier molecular flexibility index (Phi) is 5.22. The van der Waals surface area contributed by atoms with Crippen LogP contribution in [0, 0.1) is 11.3 Å². The van der Waals surface area contributed by atoms with E-state index in [0.29, 0.717) is 36.3 Å². The minimum atomic E-state index is 0.0136. The number of hydrogen-bond donors (Lipinski definition) is 2. The fourth-order valence-corrected chi connectivity index (χ4v) is 4.01. The maximum Gasteiger partial charge on any atom is 0.270 e. The zero-order valence-electron chi connectivity index (χ0n) is 16.8. The van der Waals surface area contributed by atoms with E-state index in [9.17, 15) is 4.79 Å². The lowest BCUT2D eigenvalue weighted by molar-refractivity contribution is 0.0707. The largest absolute Gasteiger partial charge is 0.381 e. The van der Waals surface area contributed by atoms with E-state index in [2.05, 4.69) is 41.3 Å². The molecule has 6 nitrogen and oxygen atoms in total. The molecule has 0 saturated carbocycles. The number of fused-ring (bicyclic) bond motifs is 1. The van der Waals surface area contributed by atoms with Crippen molar-refractivity contribution in [2.75, 3.05) is 18.4 Å². The third-order valence-corrected chi connectivity index (χ3v) is 5.43. The van der Waals surface area contributed by atoms with Gasteiger partial charge in [0.25, 0.3) is 5.91 Å². The molecular weight excluding hydrogens is 362 g/mol. The van der Waals surface area contributed by atoms with Gasteiger partial charge in [0, 0.05) is 42.1 Å². The van der Waals surface area contributed by atoms with Crippen LogP contribution in [0.4, 0.5) is 5.69 Å². The smallest absolute Gasteiger partial charge is 0.270 e. The van der Waals surface area contributed by atoms with Crippen LogP contribution in [-0.2, 0) is 0 Å². The van der Waals surface area contributed by atoms with Crippen LogP contribution >= 0.6 is 0 Å². The highest BCUT2D eigenvalue weighted by molar-refractivity contribution is 5.98. The number of nitriles is 1. The van der Waals surface area contributed by atoms with Crippen LogP contribution in [0.25, 0.3) is 10.9 Å². The highest BCUT2D eigenvalue weighted by Crippen LogP contribution is 2.32. The molecule has 148 valence electrons. The molecule has 6 heteroatoms. The molecule has 1 amide bonds. The summed E-state index contributed by atoms with van der Waals surface area (Å²) in [6.07, 6.45) is 3.64. The van der Waals surface area contributed by atoms with E-state index in [1.54, 1.807) is 12.1 Å². The van der Waals surface area contributed by atoms with Gasteiger partial charge in [-0.25, -0.2) is 0 Å². The van der Waals surface area contributed by atoms with Crippen molar-refractivity contribution < 1.29 is 4.79 Å². The Bertz CT molecular complexity index is 1070. The molecule has 0 atom stereocenters. The number of aromatic nitrogens is 2. The molecule has 0 unspecified atom stereocenters. The van der Waals surface area contributed by atoms with E-state index in [4.69, 9.17) is 5.26 Å². The van der Waals surface area contributed by atoms with Crippen LogP contribution in [0.1, 0.15) is 54.4 Å². The summed E-state index contributed by atoms with van der Waals surface area (Å²) >= 11 is 0. The van der Waals surface area contributed by atoms with E-state index in [0.717, 1.165) is 35.1 Å². The third kappa shape index (κ3) is 3.95. The first kappa shape index (κ1) is 19.0. The highest BCUT2D eigenvalue weighted by Gasteiger charge is 2.27. The number of benzene rings is 1. The molecule has 1 fully saturated rings. The minimum Gasteiger partial charge on any atom is -0.381 e. The van der Waals surface area contributed by atoms with Crippen molar-refractivity contribution in [3.05, 3.63) is 59.5 Å². The number of carbonyl (C=O) groups is 1. The van der Waals surface area contributed by atoms with E-state index in [1.807, 2.05) is 29.3 Å². The predicted octanol–water partition coefficient (Wildman–Crippen LogP) is 4.27. The van der Waals surface area contributed by atoms with Crippen LogP contribution in [0.15, 0.2) is 42.6 Å². The molecule has 2 aromatic heterocycles. The van der Waals surface area contributed by atoms with Gasteiger partial charge in [0.2, 0.25) is 0 Å². The third-order valence-electron chi connectivity index (χ3n) is 5.43.